The second kappa shape index (κ2) is 4.09. The number of carbonyl (C=O) groups is 1. The van der Waals surface area contributed by atoms with E-state index in [2.05, 4.69) is 5.32 Å². The van der Waals surface area contributed by atoms with E-state index < -0.39 is 0 Å². The number of hydrogen-bond acceptors (Lipinski definition) is 1. The van der Waals surface area contributed by atoms with E-state index in [1.807, 2.05) is 27.7 Å². The minimum Gasteiger partial charge on any atom is -0.350 e. The molecule has 0 saturated heterocycles. The first kappa shape index (κ1) is 11.8. The van der Waals surface area contributed by atoms with Gasteiger partial charge in [-0.25, -0.2) is 0 Å². The van der Waals surface area contributed by atoms with Crippen molar-refractivity contribution in [2.24, 2.45) is 11.8 Å². The smallest absolute Gasteiger partial charge is 0.223 e. The zero-order chi connectivity index (χ0) is 10.9. The molecule has 1 rings (SSSR count). The fourth-order valence-electron chi connectivity index (χ4n) is 1.34. The summed E-state index contributed by atoms with van der Waals surface area (Å²) < 4.78 is 0. The Hall–Kier alpha value is -0.240. The van der Waals surface area contributed by atoms with Gasteiger partial charge >= 0.3 is 0 Å². The zero-order valence-corrected chi connectivity index (χ0v) is 10.2. The average Bonchev–Trinajstić information content (AvgIpc) is 2.84. The first-order valence-electron chi connectivity index (χ1n) is 5.30. The number of amides is 1. The van der Waals surface area contributed by atoms with E-state index in [0.717, 1.165) is 0 Å². The average molecular weight is 218 g/mol. The van der Waals surface area contributed by atoms with Gasteiger partial charge in [-0.05, 0) is 39.5 Å². The summed E-state index contributed by atoms with van der Waals surface area (Å²) in [5, 5.41) is 2.95. The van der Waals surface area contributed by atoms with E-state index in [-0.39, 0.29) is 22.7 Å². The first-order valence-corrected chi connectivity index (χ1v) is 5.74. The number of nitrogens with one attached hydrogen (secondary N) is 1. The minimum absolute atomic E-state index is 0.0575. The molecule has 82 valence electrons. The molecule has 0 aliphatic heterocycles. The molecule has 0 aromatic heterocycles. The van der Waals surface area contributed by atoms with Crippen molar-refractivity contribution < 1.29 is 4.79 Å². The lowest BCUT2D eigenvalue weighted by Gasteiger charge is -2.30. The lowest BCUT2D eigenvalue weighted by atomic mass is 9.98. The third-order valence-corrected chi connectivity index (χ3v) is 3.73. The molecule has 1 amide bonds. The predicted octanol–water partition coefficient (Wildman–Crippen LogP) is 2.55. The molecule has 1 fully saturated rings. The van der Waals surface area contributed by atoms with E-state index >= 15 is 0 Å². The zero-order valence-electron chi connectivity index (χ0n) is 9.43. The third kappa shape index (κ3) is 2.88. The van der Waals surface area contributed by atoms with Gasteiger partial charge in [0, 0.05) is 5.92 Å². The molecular weight excluding hydrogens is 198 g/mol. The van der Waals surface area contributed by atoms with Crippen molar-refractivity contribution in [3.63, 3.8) is 0 Å². The van der Waals surface area contributed by atoms with Gasteiger partial charge in [0.15, 0.2) is 0 Å². The van der Waals surface area contributed by atoms with Crippen molar-refractivity contribution in [2.45, 2.75) is 51.5 Å². The van der Waals surface area contributed by atoms with Crippen molar-refractivity contribution in [3.05, 3.63) is 0 Å². The molecule has 0 aromatic carbocycles. The molecule has 2 unspecified atom stereocenters. The van der Waals surface area contributed by atoms with E-state index in [1.54, 1.807) is 0 Å². The molecule has 0 aromatic rings. The standard InChI is InChI=1S/C11H20ClNO/c1-7(9-5-6-9)10(14)13-11(3,4)8(2)12/h7-9H,5-6H2,1-4H3,(H,13,14). The van der Waals surface area contributed by atoms with Crippen molar-refractivity contribution in [1.82, 2.24) is 5.32 Å². The van der Waals surface area contributed by atoms with E-state index in [9.17, 15) is 4.79 Å². The molecule has 0 radical (unpaired) electrons. The minimum atomic E-state index is -0.318. The SMILES string of the molecule is CC(C(=O)NC(C)(C)C(C)Cl)C1CC1. The van der Waals surface area contributed by atoms with Crippen LogP contribution in [0.1, 0.15) is 40.5 Å². The van der Waals surface area contributed by atoms with Gasteiger partial charge in [0.25, 0.3) is 0 Å². The Labute approximate surface area is 91.4 Å². The van der Waals surface area contributed by atoms with Crippen LogP contribution in [0, 0.1) is 11.8 Å². The lowest BCUT2D eigenvalue weighted by molar-refractivity contribution is -0.126. The summed E-state index contributed by atoms with van der Waals surface area (Å²) in [6.07, 6.45) is 2.40. The molecule has 1 aliphatic rings. The Bertz CT molecular complexity index is 221. The van der Waals surface area contributed by atoms with Crippen LogP contribution in [0.2, 0.25) is 0 Å². The number of halogens is 1. The first-order chi connectivity index (χ1) is 6.34. The lowest BCUT2D eigenvalue weighted by Crippen LogP contribution is -2.50. The summed E-state index contributed by atoms with van der Waals surface area (Å²) >= 11 is 6.00. The van der Waals surface area contributed by atoms with Gasteiger partial charge in [-0.3, -0.25) is 4.79 Å². The van der Waals surface area contributed by atoms with Crippen molar-refractivity contribution in [3.8, 4) is 0 Å². The van der Waals surface area contributed by atoms with E-state index in [0.29, 0.717) is 5.92 Å². The maximum Gasteiger partial charge on any atom is 0.223 e. The highest BCUT2D eigenvalue weighted by Gasteiger charge is 2.35. The van der Waals surface area contributed by atoms with E-state index in [1.165, 1.54) is 12.8 Å². The van der Waals surface area contributed by atoms with Gasteiger partial charge < -0.3 is 5.32 Å². The summed E-state index contributed by atoms with van der Waals surface area (Å²) in [7, 11) is 0. The maximum absolute atomic E-state index is 11.8. The highest BCUT2D eigenvalue weighted by atomic mass is 35.5. The van der Waals surface area contributed by atoms with Crippen molar-refractivity contribution in [2.75, 3.05) is 0 Å². The van der Waals surface area contributed by atoms with Gasteiger partial charge in [0.1, 0.15) is 0 Å². The quantitative estimate of drug-likeness (QED) is 0.721. The van der Waals surface area contributed by atoms with Gasteiger partial charge in [0.2, 0.25) is 5.91 Å². The van der Waals surface area contributed by atoms with Crippen LogP contribution < -0.4 is 5.32 Å². The molecule has 1 N–H and O–H groups in total. The van der Waals surface area contributed by atoms with Crippen LogP contribution in [0.15, 0.2) is 0 Å². The van der Waals surface area contributed by atoms with E-state index in [4.69, 9.17) is 11.6 Å². The molecule has 14 heavy (non-hydrogen) atoms. The van der Waals surface area contributed by atoms with Gasteiger partial charge in [-0.2, -0.15) is 0 Å². The fraction of sp³-hybridized carbons (Fsp3) is 0.909. The Morgan fingerprint density at radius 3 is 2.29 bits per heavy atom. The summed E-state index contributed by atoms with van der Waals surface area (Å²) in [5.41, 5.74) is -0.318. The van der Waals surface area contributed by atoms with Gasteiger partial charge in [-0.1, -0.05) is 6.92 Å². The second-order valence-electron chi connectivity index (χ2n) is 4.95. The number of hydrogen-bond donors (Lipinski definition) is 1. The summed E-state index contributed by atoms with van der Waals surface area (Å²) in [6, 6.07) is 0. The van der Waals surface area contributed by atoms with Crippen molar-refractivity contribution >= 4 is 17.5 Å². The molecule has 0 heterocycles. The summed E-state index contributed by atoms with van der Waals surface area (Å²) in [4.78, 5) is 11.8. The summed E-state index contributed by atoms with van der Waals surface area (Å²) in [5.74, 6) is 0.895. The highest BCUT2D eigenvalue weighted by molar-refractivity contribution is 6.21. The van der Waals surface area contributed by atoms with Crippen LogP contribution in [0.25, 0.3) is 0 Å². The third-order valence-electron chi connectivity index (χ3n) is 3.18. The molecule has 2 nitrogen and oxygen atoms in total. The monoisotopic (exact) mass is 217 g/mol. The Morgan fingerprint density at radius 1 is 1.43 bits per heavy atom. The Morgan fingerprint density at radius 2 is 1.93 bits per heavy atom. The number of rotatable bonds is 4. The molecule has 1 saturated carbocycles. The maximum atomic E-state index is 11.8. The Kier molecular flexibility index (Phi) is 3.46. The van der Waals surface area contributed by atoms with Crippen LogP contribution in [0.5, 0.6) is 0 Å². The predicted molar refractivity (Wildman–Crippen MR) is 59.4 cm³/mol. The largest absolute Gasteiger partial charge is 0.350 e. The number of carbonyl (C=O) groups excluding carboxylic acids is 1. The van der Waals surface area contributed by atoms with Crippen LogP contribution in [0.4, 0.5) is 0 Å². The van der Waals surface area contributed by atoms with Crippen LogP contribution in [0.3, 0.4) is 0 Å². The molecule has 2 atom stereocenters. The molecule has 0 spiro atoms. The van der Waals surface area contributed by atoms with Gasteiger partial charge in [0.05, 0.1) is 10.9 Å². The molecule has 1 aliphatic carbocycles. The normalized spacial score (nSPS) is 21.5. The molecule has 3 heteroatoms. The Balaban J connectivity index is 2.46. The van der Waals surface area contributed by atoms with Crippen LogP contribution >= 0.6 is 11.6 Å². The van der Waals surface area contributed by atoms with Gasteiger partial charge in [-0.15, -0.1) is 11.6 Å². The molecular formula is C11H20ClNO. The second-order valence-corrected chi connectivity index (χ2v) is 5.61. The van der Waals surface area contributed by atoms with Crippen LogP contribution in [-0.2, 0) is 4.79 Å². The van der Waals surface area contributed by atoms with Crippen LogP contribution in [-0.4, -0.2) is 16.8 Å². The molecule has 0 bridgehead atoms. The highest BCUT2D eigenvalue weighted by Crippen LogP contribution is 2.36. The topological polar surface area (TPSA) is 29.1 Å². The fourth-order valence-corrected chi connectivity index (χ4v) is 1.40. The number of alkyl halides is 1. The summed E-state index contributed by atoms with van der Waals surface area (Å²) in [6.45, 7) is 7.83. The van der Waals surface area contributed by atoms with Crippen molar-refractivity contribution in [1.29, 1.82) is 0 Å².